The van der Waals surface area contributed by atoms with Gasteiger partial charge in [-0.1, -0.05) is 6.07 Å². The van der Waals surface area contributed by atoms with Crippen molar-refractivity contribution in [1.82, 2.24) is 14.5 Å². The van der Waals surface area contributed by atoms with Crippen LogP contribution in [0.2, 0.25) is 0 Å². The van der Waals surface area contributed by atoms with E-state index in [0.717, 1.165) is 42.7 Å². The Labute approximate surface area is 139 Å². The third-order valence-corrected chi connectivity index (χ3v) is 5.32. The lowest BCUT2D eigenvalue weighted by Gasteiger charge is -2.27. The Hall–Kier alpha value is -2.14. The molecular formula is C18H19N3OS. The minimum absolute atomic E-state index is 0.200. The number of hydrogen-bond donors (Lipinski definition) is 0. The van der Waals surface area contributed by atoms with Crippen molar-refractivity contribution < 1.29 is 4.79 Å². The van der Waals surface area contributed by atoms with E-state index in [2.05, 4.69) is 33.1 Å². The van der Waals surface area contributed by atoms with E-state index in [1.807, 2.05) is 17.0 Å². The molecule has 23 heavy (non-hydrogen) atoms. The quantitative estimate of drug-likeness (QED) is 0.735. The third kappa shape index (κ3) is 2.77. The number of thiophene rings is 1. The number of aromatic nitrogens is 2. The van der Waals surface area contributed by atoms with E-state index in [1.165, 1.54) is 11.3 Å². The van der Waals surface area contributed by atoms with Gasteiger partial charge in [0.1, 0.15) is 12.2 Å². The Kier molecular flexibility index (Phi) is 3.87. The Morgan fingerprint density at radius 2 is 2.04 bits per heavy atom. The number of carbonyl (C=O) groups excluding carboxylic acids is 1. The molecule has 1 aliphatic heterocycles. The maximum Gasteiger partial charge on any atom is 0.242 e. The Morgan fingerprint density at radius 3 is 2.83 bits per heavy atom. The summed E-state index contributed by atoms with van der Waals surface area (Å²) in [6.07, 6.45) is 5.27. The van der Waals surface area contributed by atoms with Gasteiger partial charge in [-0.25, -0.2) is 4.98 Å². The molecule has 3 aromatic heterocycles. The molecule has 0 saturated carbocycles. The third-order valence-electron chi connectivity index (χ3n) is 4.43. The highest BCUT2D eigenvalue weighted by Gasteiger charge is 2.20. The van der Waals surface area contributed by atoms with Crippen molar-refractivity contribution in [3.63, 3.8) is 0 Å². The molecule has 4 nitrogen and oxygen atoms in total. The van der Waals surface area contributed by atoms with Crippen molar-refractivity contribution in [3.05, 3.63) is 41.9 Å². The molecule has 5 heteroatoms. The average Bonchev–Trinajstić information content (AvgIpc) is 3.24. The zero-order chi connectivity index (χ0) is 15.6. The molecule has 0 atom stereocenters. The highest BCUT2D eigenvalue weighted by Crippen LogP contribution is 2.30. The van der Waals surface area contributed by atoms with Gasteiger partial charge in [0.2, 0.25) is 5.91 Å². The number of pyridine rings is 1. The van der Waals surface area contributed by atoms with Crippen molar-refractivity contribution >= 4 is 28.3 Å². The molecule has 0 radical (unpaired) electrons. The van der Waals surface area contributed by atoms with Gasteiger partial charge in [-0.15, -0.1) is 11.3 Å². The van der Waals surface area contributed by atoms with Gasteiger partial charge in [0.25, 0.3) is 0 Å². The minimum Gasteiger partial charge on any atom is -0.341 e. The first-order chi connectivity index (χ1) is 11.3. The van der Waals surface area contributed by atoms with Crippen molar-refractivity contribution in [2.24, 2.45) is 0 Å². The molecule has 0 unspecified atom stereocenters. The second-order valence-corrected chi connectivity index (χ2v) is 6.90. The Bertz CT molecular complexity index is 816. The van der Waals surface area contributed by atoms with E-state index in [0.29, 0.717) is 6.54 Å². The molecule has 0 aromatic carbocycles. The molecule has 3 aromatic rings. The van der Waals surface area contributed by atoms with Crippen LogP contribution in [-0.4, -0.2) is 33.4 Å². The SMILES string of the molecule is O=C(Cn1c(-c2cccs2)cc2cccnc21)N1CCCCC1. The summed E-state index contributed by atoms with van der Waals surface area (Å²) >= 11 is 1.69. The van der Waals surface area contributed by atoms with E-state index < -0.39 is 0 Å². The molecule has 4 rings (SSSR count). The number of carbonyl (C=O) groups is 1. The van der Waals surface area contributed by atoms with E-state index in [9.17, 15) is 4.79 Å². The number of hydrogen-bond acceptors (Lipinski definition) is 3. The Morgan fingerprint density at radius 1 is 1.17 bits per heavy atom. The van der Waals surface area contributed by atoms with Crippen LogP contribution in [0.1, 0.15) is 19.3 Å². The summed E-state index contributed by atoms with van der Waals surface area (Å²) in [4.78, 5) is 20.4. The highest BCUT2D eigenvalue weighted by molar-refractivity contribution is 7.13. The fourth-order valence-electron chi connectivity index (χ4n) is 3.25. The van der Waals surface area contributed by atoms with Gasteiger partial charge < -0.3 is 9.47 Å². The van der Waals surface area contributed by atoms with Crippen LogP contribution in [0.15, 0.2) is 41.9 Å². The first-order valence-corrected chi connectivity index (χ1v) is 8.97. The standard InChI is InChI=1S/C18H19N3OS/c22-17(20-9-2-1-3-10-20)13-21-15(16-7-5-11-23-16)12-14-6-4-8-19-18(14)21/h4-8,11-12H,1-3,9-10,13H2. The number of fused-ring (bicyclic) bond motifs is 1. The Balaban J connectivity index is 1.72. The van der Waals surface area contributed by atoms with Crippen molar-refractivity contribution in [3.8, 4) is 10.6 Å². The summed E-state index contributed by atoms with van der Waals surface area (Å²) in [5, 5.41) is 3.15. The van der Waals surface area contributed by atoms with Gasteiger partial charge in [0.15, 0.2) is 0 Å². The number of rotatable bonds is 3. The summed E-state index contributed by atoms with van der Waals surface area (Å²) in [5.74, 6) is 0.200. The molecule has 0 aliphatic carbocycles. The predicted octanol–water partition coefficient (Wildman–Crippen LogP) is 3.78. The largest absolute Gasteiger partial charge is 0.341 e. The van der Waals surface area contributed by atoms with E-state index >= 15 is 0 Å². The topological polar surface area (TPSA) is 38.1 Å². The first-order valence-electron chi connectivity index (χ1n) is 8.09. The van der Waals surface area contributed by atoms with Crippen LogP contribution in [0, 0.1) is 0 Å². The van der Waals surface area contributed by atoms with Crippen LogP contribution < -0.4 is 0 Å². The van der Waals surface area contributed by atoms with Gasteiger partial charge >= 0.3 is 0 Å². The molecule has 1 amide bonds. The van der Waals surface area contributed by atoms with Gasteiger partial charge in [-0.2, -0.15) is 0 Å². The molecule has 1 aliphatic rings. The number of nitrogens with zero attached hydrogens (tertiary/aromatic N) is 3. The van der Waals surface area contributed by atoms with Gasteiger partial charge in [-0.3, -0.25) is 4.79 Å². The first kappa shape index (κ1) is 14.5. The summed E-state index contributed by atoms with van der Waals surface area (Å²) in [6.45, 7) is 2.15. The molecular weight excluding hydrogens is 306 g/mol. The highest BCUT2D eigenvalue weighted by atomic mass is 32.1. The van der Waals surface area contributed by atoms with Crippen LogP contribution in [0.5, 0.6) is 0 Å². The molecule has 0 bridgehead atoms. The second kappa shape index (κ2) is 6.16. The lowest BCUT2D eigenvalue weighted by molar-refractivity contribution is -0.132. The van der Waals surface area contributed by atoms with Gasteiger partial charge in [0, 0.05) is 24.7 Å². The summed E-state index contributed by atoms with van der Waals surface area (Å²) in [6, 6.07) is 10.3. The van der Waals surface area contributed by atoms with Gasteiger partial charge in [0.05, 0.1) is 10.6 Å². The number of piperidine rings is 1. The van der Waals surface area contributed by atoms with Crippen LogP contribution in [-0.2, 0) is 11.3 Å². The van der Waals surface area contributed by atoms with Crippen LogP contribution >= 0.6 is 11.3 Å². The predicted molar refractivity (Wildman–Crippen MR) is 93.5 cm³/mol. The zero-order valence-electron chi connectivity index (χ0n) is 12.9. The summed E-state index contributed by atoms with van der Waals surface area (Å²) < 4.78 is 2.07. The summed E-state index contributed by atoms with van der Waals surface area (Å²) in [7, 11) is 0. The smallest absolute Gasteiger partial charge is 0.242 e. The van der Waals surface area contributed by atoms with E-state index in [4.69, 9.17) is 0 Å². The van der Waals surface area contributed by atoms with Crippen LogP contribution in [0.4, 0.5) is 0 Å². The van der Waals surface area contributed by atoms with Crippen molar-refractivity contribution in [2.45, 2.75) is 25.8 Å². The van der Waals surface area contributed by atoms with E-state index in [-0.39, 0.29) is 5.91 Å². The maximum absolute atomic E-state index is 12.7. The van der Waals surface area contributed by atoms with Crippen LogP contribution in [0.25, 0.3) is 21.6 Å². The maximum atomic E-state index is 12.7. The van der Waals surface area contributed by atoms with Gasteiger partial charge in [-0.05, 0) is 48.9 Å². The lowest BCUT2D eigenvalue weighted by Crippen LogP contribution is -2.37. The fraction of sp³-hybridized carbons (Fsp3) is 0.333. The number of amides is 1. The zero-order valence-corrected chi connectivity index (χ0v) is 13.8. The van der Waals surface area contributed by atoms with E-state index in [1.54, 1.807) is 17.5 Å². The summed E-state index contributed by atoms with van der Waals surface area (Å²) in [5.41, 5.74) is 1.97. The monoisotopic (exact) mass is 325 g/mol. The molecule has 0 spiro atoms. The number of likely N-dealkylation sites (tertiary alicyclic amines) is 1. The molecule has 4 heterocycles. The molecule has 0 N–H and O–H groups in total. The normalized spacial score (nSPS) is 15.2. The van der Waals surface area contributed by atoms with Crippen molar-refractivity contribution in [1.29, 1.82) is 0 Å². The van der Waals surface area contributed by atoms with Crippen molar-refractivity contribution in [2.75, 3.05) is 13.1 Å². The molecule has 1 saturated heterocycles. The molecule has 1 fully saturated rings. The average molecular weight is 325 g/mol. The van der Waals surface area contributed by atoms with Crippen LogP contribution in [0.3, 0.4) is 0 Å². The molecule has 118 valence electrons. The second-order valence-electron chi connectivity index (χ2n) is 5.95. The minimum atomic E-state index is 0.200. The lowest BCUT2D eigenvalue weighted by atomic mass is 10.1. The fourth-order valence-corrected chi connectivity index (χ4v) is 4.00.